The van der Waals surface area contributed by atoms with Gasteiger partial charge in [-0.2, -0.15) is 0 Å². The Bertz CT molecular complexity index is 1080. The van der Waals surface area contributed by atoms with Crippen molar-refractivity contribution in [3.63, 3.8) is 0 Å². The lowest BCUT2D eigenvalue weighted by molar-refractivity contribution is -0.134. The summed E-state index contributed by atoms with van der Waals surface area (Å²) in [5, 5.41) is 14.5. The summed E-state index contributed by atoms with van der Waals surface area (Å²) < 4.78 is 17.3. The Kier molecular flexibility index (Phi) is 7.76. The van der Waals surface area contributed by atoms with Crippen molar-refractivity contribution in [1.82, 2.24) is 10.6 Å². The number of piperidine rings is 1. The van der Waals surface area contributed by atoms with Crippen molar-refractivity contribution in [3.05, 3.63) is 39.2 Å². The lowest BCUT2D eigenvalue weighted by atomic mass is 9.88. The van der Waals surface area contributed by atoms with Crippen LogP contribution in [-0.4, -0.2) is 54.9 Å². The molecule has 4 rings (SSSR count). The molecule has 9 nitrogen and oxygen atoms in total. The van der Waals surface area contributed by atoms with E-state index in [9.17, 15) is 9.59 Å². The highest BCUT2D eigenvalue weighted by molar-refractivity contribution is 5.88. The van der Waals surface area contributed by atoms with Gasteiger partial charge in [0.05, 0.1) is 23.6 Å². The number of rotatable bonds is 4. The number of ether oxygens (including phenoxy) is 2. The van der Waals surface area contributed by atoms with Gasteiger partial charge in [-0.1, -0.05) is 0 Å². The van der Waals surface area contributed by atoms with Gasteiger partial charge >= 0.3 is 5.63 Å². The van der Waals surface area contributed by atoms with Crippen LogP contribution in [0.5, 0.6) is 5.75 Å². The number of carbonyl (C=O) groups excluding carboxylic acids is 1. The van der Waals surface area contributed by atoms with Gasteiger partial charge in [-0.3, -0.25) is 9.59 Å². The highest BCUT2D eigenvalue weighted by Crippen LogP contribution is 2.34. The summed E-state index contributed by atoms with van der Waals surface area (Å²) in [5.41, 5.74) is 2.29. The summed E-state index contributed by atoms with van der Waals surface area (Å²) in [6.45, 7) is 8.94. The van der Waals surface area contributed by atoms with Crippen molar-refractivity contribution in [1.29, 1.82) is 0 Å². The summed E-state index contributed by atoms with van der Waals surface area (Å²) in [6, 6.07) is 3.69. The summed E-state index contributed by atoms with van der Waals surface area (Å²) in [6.07, 6.45) is 2.81. The normalized spacial score (nSPS) is 19.1. The van der Waals surface area contributed by atoms with E-state index in [0.29, 0.717) is 23.5 Å². The van der Waals surface area contributed by atoms with Crippen molar-refractivity contribution in [3.8, 4) is 5.75 Å². The van der Waals surface area contributed by atoms with Gasteiger partial charge in [0.25, 0.3) is 11.9 Å². The summed E-state index contributed by atoms with van der Waals surface area (Å²) in [7, 11) is 0. The quantitative estimate of drug-likeness (QED) is 0.593. The molecule has 3 heterocycles. The van der Waals surface area contributed by atoms with E-state index in [0.717, 1.165) is 55.8 Å². The molecule has 2 aromatic rings. The van der Waals surface area contributed by atoms with Gasteiger partial charge in [-0.25, -0.2) is 4.79 Å². The minimum Gasteiger partial charge on any atom is -0.483 e. The second-order valence-corrected chi connectivity index (χ2v) is 8.80. The number of amides is 1. The van der Waals surface area contributed by atoms with Crippen molar-refractivity contribution in [2.24, 2.45) is 0 Å². The van der Waals surface area contributed by atoms with Crippen molar-refractivity contribution < 1.29 is 28.6 Å². The number of aliphatic carboxylic acids is 1. The smallest absolute Gasteiger partial charge is 0.339 e. The van der Waals surface area contributed by atoms with Crippen LogP contribution in [0.1, 0.15) is 42.9 Å². The van der Waals surface area contributed by atoms with Crippen LogP contribution in [-0.2, 0) is 14.3 Å². The number of carboxylic acid groups (broad SMARTS) is 1. The van der Waals surface area contributed by atoms with Crippen LogP contribution in [0.25, 0.3) is 11.0 Å². The summed E-state index contributed by atoms with van der Waals surface area (Å²) in [4.78, 5) is 33.5. The minimum absolute atomic E-state index is 0.0143. The molecule has 2 saturated heterocycles. The molecule has 2 aliphatic rings. The van der Waals surface area contributed by atoms with E-state index >= 15 is 0 Å². The predicted octanol–water partition coefficient (Wildman–Crippen LogP) is 2.22. The molecule has 1 aromatic carbocycles. The third-order valence-electron chi connectivity index (χ3n) is 6.10. The molecule has 0 saturated carbocycles. The molecule has 1 aromatic heterocycles. The summed E-state index contributed by atoms with van der Waals surface area (Å²) in [5.74, 6) is -0.456. The number of fused-ring (bicyclic) bond motifs is 1. The fraction of sp³-hybridized carbons (Fsp3) is 0.542. The second kappa shape index (κ2) is 10.4. The van der Waals surface area contributed by atoms with Crippen LogP contribution in [0.2, 0.25) is 0 Å². The van der Waals surface area contributed by atoms with E-state index in [1.165, 1.54) is 0 Å². The van der Waals surface area contributed by atoms with E-state index < -0.39 is 5.97 Å². The van der Waals surface area contributed by atoms with Crippen LogP contribution in [0.4, 0.5) is 0 Å². The van der Waals surface area contributed by atoms with E-state index in [-0.39, 0.29) is 29.8 Å². The van der Waals surface area contributed by atoms with Crippen LogP contribution in [0, 0.1) is 20.8 Å². The maximum atomic E-state index is 12.5. The van der Waals surface area contributed by atoms with Gasteiger partial charge in [0.2, 0.25) is 0 Å². The summed E-state index contributed by atoms with van der Waals surface area (Å²) >= 11 is 0. The molecule has 0 radical (unpaired) electrons. The van der Waals surface area contributed by atoms with Crippen LogP contribution in [0.3, 0.4) is 0 Å². The van der Waals surface area contributed by atoms with Crippen LogP contribution >= 0.6 is 0 Å². The molecule has 3 N–H and O–H groups in total. The Morgan fingerprint density at radius 3 is 2.55 bits per heavy atom. The zero-order chi connectivity index (χ0) is 24.2. The first-order valence-corrected chi connectivity index (χ1v) is 11.1. The fourth-order valence-electron chi connectivity index (χ4n) is 4.38. The fourth-order valence-corrected chi connectivity index (χ4v) is 4.38. The first-order valence-electron chi connectivity index (χ1n) is 11.1. The van der Waals surface area contributed by atoms with Crippen LogP contribution < -0.4 is 21.0 Å². The molecule has 1 atom stereocenters. The number of nitrogens with one attached hydrogen (secondary N) is 2. The van der Waals surface area contributed by atoms with Crippen molar-refractivity contribution >= 4 is 22.8 Å². The maximum absolute atomic E-state index is 12.5. The third kappa shape index (κ3) is 6.11. The number of carboxylic acids is 1. The monoisotopic (exact) mass is 460 g/mol. The van der Waals surface area contributed by atoms with E-state index in [1.807, 2.05) is 26.0 Å². The number of aryl methyl sites for hydroxylation is 2. The van der Waals surface area contributed by atoms with Crippen LogP contribution in [0.15, 0.2) is 21.3 Å². The molecule has 1 amide bonds. The van der Waals surface area contributed by atoms with Gasteiger partial charge in [-0.05, 0) is 76.4 Å². The number of carbonyl (C=O) groups is 2. The van der Waals surface area contributed by atoms with Gasteiger partial charge < -0.3 is 29.6 Å². The number of hydrogen-bond donors (Lipinski definition) is 3. The lowest BCUT2D eigenvalue weighted by Gasteiger charge is -2.32. The van der Waals surface area contributed by atoms with E-state index in [4.69, 9.17) is 23.8 Å². The largest absolute Gasteiger partial charge is 0.483 e. The van der Waals surface area contributed by atoms with E-state index in [1.54, 1.807) is 6.92 Å². The SMILES string of the molecule is CC(=O)O.Cc1cc(OCC(=O)NC2COC3(CCNCC3)C2)c2c(C)c(C)c(=O)oc2c1. The molecule has 33 heavy (non-hydrogen) atoms. The zero-order valence-corrected chi connectivity index (χ0v) is 19.6. The molecule has 1 spiro atoms. The molecular formula is C24H32N2O7. The first-order chi connectivity index (χ1) is 15.6. The van der Waals surface area contributed by atoms with Gasteiger partial charge in [0, 0.05) is 12.5 Å². The molecule has 2 aliphatic heterocycles. The number of benzene rings is 1. The van der Waals surface area contributed by atoms with Crippen molar-refractivity contribution in [2.75, 3.05) is 26.3 Å². The standard InChI is InChI=1S/C22H28N2O5.C2H4O2/c1-13-8-17(20-14(2)15(3)21(26)29-18(20)9-13)27-12-19(25)24-16-10-22(28-11-16)4-6-23-7-5-22;1-2(3)4/h8-9,16,23H,4-7,10-12H2,1-3H3,(H,24,25);1H3,(H,3,4). The molecule has 2 fully saturated rings. The topological polar surface area (TPSA) is 127 Å². The Balaban J connectivity index is 0.000000709. The van der Waals surface area contributed by atoms with Gasteiger partial charge in [0.15, 0.2) is 6.61 Å². The Labute approximate surface area is 192 Å². The average Bonchev–Trinajstić information content (AvgIpc) is 3.11. The minimum atomic E-state index is -0.833. The Morgan fingerprint density at radius 2 is 1.88 bits per heavy atom. The molecule has 0 bridgehead atoms. The van der Waals surface area contributed by atoms with E-state index in [2.05, 4.69) is 10.6 Å². The molecule has 1 unspecified atom stereocenters. The lowest BCUT2D eigenvalue weighted by Crippen LogP contribution is -2.43. The highest BCUT2D eigenvalue weighted by Gasteiger charge is 2.41. The predicted molar refractivity (Wildman–Crippen MR) is 123 cm³/mol. The maximum Gasteiger partial charge on any atom is 0.339 e. The first kappa shape index (κ1) is 24.7. The van der Waals surface area contributed by atoms with Gasteiger partial charge in [0.1, 0.15) is 11.3 Å². The third-order valence-corrected chi connectivity index (χ3v) is 6.10. The highest BCUT2D eigenvalue weighted by atomic mass is 16.5. The molecule has 9 heteroatoms. The molecule has 0 aliphatic carbocycles. The molecule has 180 valence electrons. The Morgan fingerprint density at radius 1 is 1.21 bits per heavy atom. The number of hydrogen-bond acceptors (Lipinski definition) is 7. The second-order valence-electron chi connectivity index (χ2n) is 8.80. The zero-order valence-electron chi connectivity index (χ0n) is 19.6. The molecular weight excluding hydrogens is 428 g/mol. The van der Waals surface area contributed by atoms with Gasteiger partial charge in [-0.15, -0.1) is 0 Å². The van der Waals surface area contributed by atoms with Crippen molar-refractivity contribution in [2.45, 2.75) is 58.6 Å². The average molecular weight is 461 g/mol. The Hall–Kier alpha value is -2.91.